The van der Waals surface area contributed by atoms with Crippen LogP contribution in [0.1, 0.15) is 48.8 Å². The van der Waals surface area contributed by atoms with Crippen LogP contribution in [-0.4, -0.2) is 68.6 Å². The lowest BCUT2D eigenvalue weighted by Crippen LogP contribution is -2.33. The monoisotopic (exact) mass is 722 g/mol. The third-order valence-corrected chi connectivity index (χ3v) is 10.5. The van der Waals surface area contributed by atoms with E-state index >= 15 is 0 Å². The highest BCUT2D eigenvalue weighted by molar-refractivity contribution is 7.89. The maximum atomic E-state index is 14.6. The Morgan fingerprint density at radius 3 is 2.61 bits per heavy atom. The summed E-state index contributed by atoms with van der Waals surface area (Å²) in [5, 5.41) is 3.99. The highest BCUT2D eigenvalue weighted by Gasteiger charge is 2.27. The number of aryl methyl sites for hydroxylation is 1. The van der Waals surface area contributed by atoms with Gasteiger partial charge in [0, 0.05) is 30.1 Å². The molecule has 1 aliphatic rings. The Bertz CT molecular complexity index is 2100. The van der Waals surface area contributed by atoms with Gasteiger partial charge in [-0.25, -0.2) is 27.5 Å². The van der Waals surface area contributed by atoms with Crippen molar-refractivity contribution in [2.75, 3.05) is 43.7 Å². The lowest BCUT2D eigenvalue weighted by molar-refractivity contribution is 0.0975. The number of halogens is 1. The first-order valence-electron chi connectivity index (χ1n) is 15.5. The largest absolute Gasteiger partial charge is 0.491 e. The van der Waals surface area contributed by atoms with E-state index in [1.165, 1.54) is 28.7 Å². The summed E-state index contributed by atoms with van der Waals surface area (Å²) in [5.74, 6) is -1.41. The molecule has 2 amide bonds. The van der Waals surface area contributed by atoms with Crippen molar-refractivity contribution in [2.45, 2.75) is 32.4 Å². The van der Waals surface area contributed by atoms with Crippen molar-refractivity contribution in [1.82, 2.24) is 19.6 Å². The molecule has 3 heterocycles. The average molecular weight is 723 g/mol. The fourth-order valence-corrected chi connectivity index (χ4v) is 8.04. The second kappa shape index (κ2) is 14.6. The lowest BCUT2D eigenvalue weighted by Gasteiger charge is -2.29. The molecule has 0 fully saturated rings. The SMILES string of the molecule is CN(C)Cc1ccc(OCCCc2sc(N3CCc4cccc(C(=O)Nc5nc6ccccc6s5)c4C3)nc2C(=O)NS(C)(=O)=O)c(F)c1. The van der Waals surface area contributed by atoms with E-state index in [-0.39, 0.29) is 24.0 Å². The molecule has 0 spiro atoms. The number of hydrogen-bond donors (Lipinski definition) is 2. The Morgan fingerprint density at radius 2 is 1.86 bits per heavy atom. The number of thiazole rings is 2. The van der Waals surface area contributed by atoms with Crippen molar-refractivity contribution >= 4 is 65.0 Å². The zero-order chi connectivity index (χ0) is 34.7. The number of carbonyl (C=O) groups excluding carboxylic acids is 2. The average Bonchev–Trinajstić information content (AvgIpc) is 3.66. The quantitative estimate of drug-likeness (QED) is 0.161. The van der Waals surface area contributed by atoms with E-state index in [1.54, 1.807) is 12.1 Å². The Balaban J connectivity index is 1.18. The van der Waals surface area contributed by atoms with Gasteiger partial charge in [0.1, 0.15) is 5.69 Å². The molecule has 0 saturated carbocycles. The Kier molecular flexibility index (Phi) is 10.2. The van der Waals surface area contributed by atoms with E-state index in [0.717, 1.165) is 33.2 Å². The number of benzene rings is 3. The van der Waals surface area contributed by atoms with Gasteiger partial charge in [-0.05, 0) is 80.4 Å². The molecule has 5 aromatic rings. The smallest absolute Gasteiger partial charge is 0.284 e. The van der Waals surface area contributed by atoms with Crippen molar-refractivity contribution in [3.8, 4) is 5.75 Å². The van der Waals surface area contributed by atoms with Crippen LogP contribution in [0.2, 0.25) is 0 Å². The van der Waals surface area contributed by atoms with Crippen LogP contribution in [0.3, 0.4) is 0 Å². The summed E-state index contributed by atoms with van der Waals surface area (Å²) in [6.07, 6.45) is 2.33. The first kappa shape index (κ1) is 34.4. The van der Waals surface area contributed by atoms with Gasteiger partial charge in [0.15, 0.2) is 21.8 Å². The number of amides is 2. The normalized spacial score (nSPS) is 13.0. The molecule has 2 aromatic heterocycles. The van der Waals surface area contributed by atoms with Crippen LogP contribution < -0.4 is 19.7 Å². The molecule has 11 nitrogen and oxygen atoms in total. The number of nitrogens with zero attached hydrogens (tertiary/aromatic N) is 4. The van der Waals surface area contributed by atoms with E-state index in [2.05, 4.69) is 15.3 Å². The van der Waals surface area contributed by atoms with Crippen molar-refractivity contribution in [3.05, 3.63) is 99.3 Å². The Morgan fingerprint density at radius 1 is 1.04 bits per heavy atom. The van der Waals surface area contributed by atoms with Gasteiger partial charge in [-0.15, -0.1) is 11.3 Å². The van der Waals surface area contributed by atoms with Gasteiger partial charge in [0.25, 0.3) is 11.8 Å². The molecular formula is C34H35FN6O5S3. The molecule has 0 saturated heterocycles. The van der Waals surface area contributed by atoms with E-state index in [0.29, 0.717) is 59.6 Å². The van der Waals surface area contributed by atoms with Crippen LogP contribution in [-0.2, 0) is 36.0 Å². The fraction of sp³-hybridized carbons (Fsp3) is 0.294. The van der Waals surface area contributed by atoms with Crippen LogP contribution in [0, 0.1) is 5.82 Å². The molecule has 49 heavy (non-hydrogen) atoms. The summed E-state index contributed by atoms with van der Waals surface area (Å²) < 4.78 is 47.2. The zero-order valence-electron chi connectivity index (χ0n) is 27.2. The molecule has 1 aliphatic heterocycles. The second-order valence-corrected chi connectivity index (χ2v) is 15.8. The van der Waals surface area contributed by atoms with Crippen molar-refractivity contribution < 1.29 is 27.1 Å². The van der Waals surface area contributed by atoms with E-state index < -0.39 is 21.7 Å². The van der Waals surface area contributed by atoms with Gasteiger partial charge in [-0.3, -0.25) is 14.9 Å². The van der Waals surface area contributed by atoms with Crippen LogP contribution in [0.25, 0.3) is 10.2 Å². The van der Waals surface area contributed by atoms with Crippen molar-refractivity contribution in [1.29, 1.82) is 0 Å². The molecule has 2 N–H and O–H groups in total. The fourth-order valence-electron chi connectivity index (χ4n) is 5.62. The van der Waals surface area contributed by atoms with Crippen LogP contribution in [0.15, 0.2) is 60.7 Å². The number of hydrogen-bond acceptors (Lipinski definition) is 11. The van der Waals surface area contributed by atoms with Gasteiger partial charge >= 0.3 is 0 Å². The Labute approximate surface area is 291 Å². The predicted octanol–water partition coefficient (Wildman–Crippen LogP) is 5.47. The summed E-state index contributed by atoms with van der Waals surface area (Å²) in [7, 11) is -0.0236. The van der Waals surface area contributed by atoms with Crippen LogP contribution in [0.5, 0.6) is 5.75 Å². The topological polar surface area (TPSA) is 134 Å². The summed E-state index contributed by atoms with van der Waals surface area (Å²) in [4.78, 5) is 40.2. The summed E-state index contributed by atoms with van der Waals surface area (Å²) in [6.45, 7) is 1.73. The molecule has 3 aromatic carbocycles. The van der Waals surface area contributed by atoms with Crippen molar-refractivity contribution in [2.24, 2.45) is 0 Å². The minimum atomic E-state index is -3.84. The lowest BCUT2D eigenvalue weighted by atomic mass is 9.94. The van der Waals surface area contributed by atoms with E-state index in [1.807, 2.05) is 71.1 Å². The number of carbonyl (C=O) groups is 2. The molecule has 0 bridgehead atoms. The first-order valence-corrected chi connectivity index (χ1v) is 19.1. The summed E-state index contributed by atoms with van der Waals surface area (Å²) in [6, 6.07) is 18.2. The Hall–Kier alpha value is -4.44. The van der Waals surface area contributed by atoms with E-state index in [9.17, 15) is 22.4 Å². The second-order valence-electron chi connectivity index (χ2n) is 12.0. The molecule has 0 radical (unpaired) electrons. The van der Waals surface area contributed by atoms with E-state index in [4.69, 9.17) is 4.74 Å². The number of aromatic nitrogens is 2. The van der Waals surface area contributed by atoms with Crippen LogP contribution in [0.4, 0.5) is 14.7 Å². The molecular weight excluding hydrogens is 688 g/mol. The zero-order valence-corrected chi connectivity index (χ0v) is 29.6. The van der Waals surface area contributed by atoms with Gasteiger partial charge < -0.3 is 14.5 Å². The standard InChI is InChI=1S/C34H35FN6O5S3/c1-40(2)19-21-13-14-27(25(35)18-21)46-17-7-12-29-30(32(43)39-49(3,44)45)37-34(48-29)41-16-15-22-8-6-9-23(24(22)20-41)31(42)38-33-36-26-10-4-5-11-28(26)47-33/h4-6,8-11,13-14,18H,7,12,15-17,19-20H2,1-3H3,(H,39,43)(H,36,38,42). The third-order valence-electron chi connectivity index (χ3n) is 7.78. The van der Waals surface area contributed by atoms with Gasteiger partial charge in [-0.2, -0.15) is 0 Å². The molecule has 15 heteroatoms. The minimum absolute atomic E-state index is 0.0114. The highest BCUT2D eigenvalue weighted by Crippen LogP contribution is 2.33. The summed E-state index contributed by atoms with van der Waals surface area (Å²) >= 11 is 2.69. The van der Waals surface area contributed by atoms with Crippen molar-refractivity contribution in [3.63, 3.8) is 0 Å². The molecule has 6 rings (SSSR count). The number of anilines is 2. The highest BCUT2D eigenvalue weighted by atomic mass is 32.2. The molecule has 0 unspecified atom stereocenters. The minimum Gasteiger partial charge on any atom is -0.491 e. The maximum Gasteiger partial charge on any atom is 0.284 e. The molecule has 256 valence electrons. The molecule has 0 aliphatic carbocycles. The van der Waals surface area contributed by atoms with Gasteiger partial charge in [-0.1, -0.05) is 41.7 Å². The number of rotatable bonds is 12. The third kappa shape index (κ3) is 8.41. The predicted molar refractivity (Wildman–Crippen MR) is 191 cm³/mol. The van der Waals surface area contributed by atoms with Gasteiger partial charge in [0.2, 0.25) is 10.0 Å². The first-order chi connectivity index (χ1) is 23.4. The number of fused-ring (bicyclic) bond motifs is 2. The maximum absolute atomic E-state index is 14.6. The number of ether oxygens (including phenoxy) is 1. The van der Waals surface area contributed by atoms with Gasteiger partial charge in [0.05, 0.1) is 23.1 Å². The molecule has 0 atom stereocenters. The van der Waals surface area contributed by atoms with Crippen LogP contribution >= 0.6 is 22.7 Å². The summed E-state index contributed by atoms with van der Waals surface area (Å²) in [5.41, 5.74) is 4.06. The number of sulfonamides is 1. The number of para-hydroxylation sites is 1. The number of nitrogens with one attached hydrogen (secondary N) is 2.